The van der Waals surface area contributed by atoms with Crippen LogP contribution in [0.1, 0.15) is 24.3 Å². The standard InChI is InChI=1S/C25H22N4O5S.Na.H/c1-3-34-25-16(14-30)10-15(2)11-20(25)21-9-8-17(13-27-21)28-29-22-12-23(35(31,32)33)18-6-4-5-7-19(18)24(22)26;;/h4-14H,3,26H2,1-2H3,(H,31,32,33);;/q;+1;-1. The molecule has 0 spiro atoms. The Kier molecular flexibility index (Phi) is 8.59. The van der Waals surface area contributed by atoms with Gasteiger partial charge < -0.3 is 11.9 Å². The number of fused-ring (bicyclic) bond motifs is 1. The molecule has 4 aromatic rings. The van der Waals surface area contributed by atoms with Gasteiger partial charge in [0.1, 0.15) is 22.0 Å². The van der Waals surface area contributed by atoms with Crippen molar-refractivity contribution in [2.45, 2.75) is 18.7 Å². The zero-order valence-corrected chi connectivity index (χ0v) is 22.8. The number of nitrogens with zero attached hydrogens (tertiary/aromatic N) is 3. The van der Waals surface area contributed by atoms with Crippen molar-refractivity contribution in [3.05, 3.63) is 71.9 Å². The maximum absolute atomic E-state index is 11.9. The van der Waals surface area contributed by atoms with E-state index in [0.717, 1.165) is 11.8 Å². The van der Waals surface area contributed by atoms with Crippen molar-refractivity contribution in [1.82, 2.24) is 4.98 Å². The van der Waals surface area contributed by atoms with E-state index in [4.69, 9.17) is 10.5 Å². The molecule has 0 saturated heterocycles. The van der Waals surface area contributed by atoms with Gasteiger partial charge in [-0.2, -0.15) is 8.42 Å². The quantitative estimate of drug-likeness (QED) is 0.127. The molecule has 11 heteroatoms. The van der Waals surface area contributed by atoms with Crippen LogP contribution in [0.5, 0.6) is 5.75 Å². The van der Waals surface area contributed by atoms with E-state index in [0.29, 0.717) is 40.3 Å². The number of aryl methyl sites for hydroxylation is 1. The van der Waals surface area contributed by atoms with Gasteiger partial charge in [0.15, 0.2) is 6.29 Å². The monoisotopic (exact) mass is 514 g/mol. The van der Waals surface area contributed by atoms with E-state index in [2.05, 4.69) is 15.2 Å². The minimum Gasteiger partial charge on any atom is -1.00 e. The predicted octanol–water partition coefficient (Wildman–Crippen LogP) is 2.78. The van der Waals surface area contributed by atoms with Crippen molar-refractivity contribution in [1.29, 1.82) is 0 Å². The number of anilines is 1. The summed E-state index contributed by atoms with van der Waals surface area (Å²) in [5, 5.41) is 8.95. The molecule has 0 aliphatic heterocycles. The van der Waals surface area contributed by atoms with Crippen LogP contribution >= 0.6 is 0 Å². The molecule has 0 aliphatic carbocycles. The Balaban J connectivity index is 0.00000241. The third-order valence-electron chi connectivity index (χ3n) is 5.28. The van der Waals surface area contributed by atoms with Crippen LogP contribution in [0.4, 0.5) is 17.1 Å². The van der Waals surface area contributed by atoms with Gasteiger partial charge in [0, 0.05) is 16.3 Å². The number of aromatic nitrogens is 1. The molecule has 1 heterocycles. The van der Waals surface area contributed by atoms with E-state index < -0.39 is 10.1 Å². The number of hydrogen-bond acceptors (Lipinski definition) is 8. The van der Waals surface area contributed by atoms with Crippen LogP contribution in [0, 0.1) is 6.92 Å². The Labute approximate surface area is 231 Å². The molecule has 0 amide bonds. The second kappa shape index (κ2) is 11.3. The van der Waals surface area contributed by atoms with Crippen molar-refractivity contribution in [3.8, 4) is 17.0 Å². The van der Waals surface area contributed by atoms with Gasteiger partial charge in [-0.3, -0.25) is 14.3 Å². The van der Waals surface area contributed by atoms with Gasteiger partial charge in [0.2, 0.25) is 0 Å². The number of pyridine rings is 1. The smallest absolute Gasteiger partial charge is 1.00 e. The van der Waals surface area contributed by atoms with Crippen molar-refractivity contribution >= 4 is 44.2 Å². The summed E-state index contributed by atoms with van der Waals surface area (Å²) in [6.45, 7) is 4.10. The van der Waals surface area contributed by atoms with Gasteiger partial charge in [-0.25, -0.2) is 0 Å². The number of nitrogen functional groups attached to an aromatic ring is 1. The Morgan fingerprint density at radius 2 is 1.83 bits per heavy atom. The maximum Gasteiger partial charge on any atom is 1.00 e. The Hall–Kier alpha value is -3.15. The molecule has 0 bridgehead atoms. The normalized spacial score (nSPS) is 11.4. The second-order valence-electron chi connectivity index (χ2n) is 7.71. The number of hydrogen-bond donors (Lipinski definition) is 2. The van der Waals surface area contributed by atoms with Crippen molar-refractivity contribution in [2.24, 2.45) is 10.2 Å². The number of azo groups is 1. The first-order valence-electron chi connectivity index (χ1n) is 10.6. The van der Waals surface area contributed by atoms with Crippen LogP contribution in [0.25, 0.3) is 22.0 Å². The Morgan fingerprint density at radius 3 is 2.44 bits per heavy atom. The average molecular weight is 515 g/mol. The summed E-state index contributed by atoms with van der Waals surface area (Å²) >= 11 is 0. The average Bonchev–Trinajstić information content (AvgIpc) is 2.84. The van der Waals surface area contributed by atoms with Crippen molar-refractivity contribution in [2.75, 3.05) is 12.3 Å². The fourth-order valence-corrected chi connectivity index (χ4v) is 4.46. The fourth-order valence-electron chi connectivity index (χ4n) is 3.75. The van der Waals surface area contributed by atoms with E-state index in [1.807, 2.05) is 19.9 Å². The molecule has 0 saturated carbocycles. The number of carbonyl (C=O) groups is 1. The minimum atomic E-state index is -4.51. The molecule has 0 atom stereocenters. The fraction of sp³-hybridized carbons (Fsp3) is 0.120. The third kappa shape index (κ3) is 5.63. The van der Waals surface area contributed by atoms with Gasteiger partial charge >= 0.3 is 29.6 Å². The van der Waals surface area contributed by atoms with Gasteiger partial charge in [-0.1, -0.05) is 24.3 Å². The first kappa shape index (κ1) is 27.4. The summed E-state index contributed by atoms with van der Waals surface area (Å²) in [5.74, 6) is 0.455. The number of carbonyl (C=O) groups excluding carboxylic acids is 1. The molecule has 0 unspecified atom stereocenters. The van der Waals surface area contributed by atoms with Crippen LogP contribution in [0.15, 0.2) is 75.9 Å². The van der Waals surface area contributed by atoms with Crippen molar-refractivity contribution in [3.63, 3.8) is 0 Å². The molecule has 180 valence electrons. The summed E-state index contributed by atoms with van der Waals surface area (Å²) in [5.41, 5.74) is 9.48. The zero-order valence-electron chi connectivity index (χ0n) is 21.0. The first-order valence-corrected chi connectivity index (χ1v) is 12.1. The van der Waals surface area contributed by atoms with E-state index in [1.165, 1.54) is 12.3 Å². The molecule has 1 aromatic heterocycles. The summed E-state index contributed by atoms with van der Waals surface area (Å²) < 4.78 is 39.2. The molecular formula is C25H23N4NaO5S. The van der Waals surface area contributed by atoms with E-state index in [1.54, 1.807) is 42.5 Å². The summed E-state index contributed by atoms with van der Waals surface area (Å²) in [7, 11) is -4.51. The van der Waals surface area contributed by atoms with Gasteiger partial charge in [0.25, 0.3) is 10.1 Å². The molecule has 3 N–H and O–H groups in total. The van der Waals surface area contributed by atoms with Gasteiger partial charge in [-0.05, 0) is 49.7 Å². The predicted molar refractivity (Wildman–Crippen MR) is 134 cm³/mol. The van der Waals surface area contributed by atoms with Crippen LogP contribution in [0.3, 0.4) is 0 Å². The third-order valence-corrected chi connectivity index (χ3v) is 6.17. The number of aldehydes is 1. The topological polar surface area (TPSA) is 144 Å². The van der Waals surface area contributed by atoms with Crippen LogP contribution < -0.4 is 40.0 Å². The van der Waals surface area contributed by atoms with E-state index >= 15 is 0 Å². The molecule has 0 radical (unpaired) electrons. The van der Waals surface area contributed by atoms with Crippen LogP contribution in [-0.4, -0.2) is 30.8 Å². The second-order valence-corrected chi connectivity index (χ2v) is 9.10. The van der Waals surface area contributed by atoms with Crippen LogP contribution in [0.2, 0.25) is 0 Å². The summed E-state index contributed by atoms with van der Waals surface area (Å²) in [6, 6.07) is 14.7. The Morgan fingerprint density at radius 1 is 1.11 bits per heavy atom. The van der Waals surface area contributed by atoms with Gasteiger partial charge in [-0.15, -0.1) is 10.2 Å². The molecule has 3 aromatic carbocycles. The molecule has 36 heavy (non-hydrogen) atoms. The van der Waals surface area contributed by atoms with E-state index in [-0.39, 0.29) is 52.6 Å². The maximum atomic E-state index is 11.9. The summed E-state index contributed by atoms with van der Waals surface area (Å²) in [4.78, 5) is 15.6. The van der Waals surface area contributed by atoms with Gasteiger partial charge in [0.05, 0.1) is 29.7 Å². The molecular weight excluding hydrogens is 491 g/mol. The van der Waals surface area contributed by atoms with Crippen molar-refractivity contribution < 1.29 is 53.5 Å². The number of ether oxygens (including phenoxy) is 1. The largest absolute Gasteiger partial charge is 1.00 e. The minimum absolute atomic E-state index is 0. The summed E-state index contributed by atoms with van der Waals surface area (Å²) in [6.07, 6.45) is 2.23. The molecule has 9 nitrogen and oxygen atoms in total. The first-order chi connectivity index (χ1) is 16.7. The van der Waals surface area contributed by atoms with Crippen LogP contribution in [-0.2, 0) is 10.1 Å². The Bertz CT molecular complexity index is 1580. The number of benzene rings is 3. The molecule has 0 fully saturated rings. The SMILES string of the molecule is CCOc1c(C=O)cc(C)cc1-c1ccc(N=Nc2cc(S(=O)(=O)O)c3ccccc3c2N)cn1.[H-].[Na+]. The number of nitrogens with two attached hydrogens (primary N) is 1. The zero-order chi connectivity index (χ0) is 25.2. The molecule has 0 aliphatic rings. The molecule has 4 rings (SSSR count). The number of rotatable bonds is 7. The van der Waals surface area contributed by atoms with E-state index in [9.17, 15) is 17.8 Å².